The van der Waals surface area contributed by atoms with Crippen LogP contribution in [0.3, 0.4) is 0 Å². The number of fused-ring (bicyclic) bond motifs is 1. The topological polar surface area (TPSA) is 62.3 Å². The van der Waals surface area contributed by atoms with E-state index in [9.17, 15) is 9.59 Å². The Kier molecular flexibility index (Phi) is 6.01. The Hall–Kier alpha value is -2.90. The highest BCUT2D eigenvalue weighted by atomic mass is 16.5. The number of methoxy groups -OCH3 is 2. The Bertz CT molecular complexity index is 924. The molecule has 0 spiro atoms. The van der Waals surface area contributed by atoms with E-state index in [1.807, 2.05) is 6.07 Å². The van der Waals surface area contributed by atoms with Gasteiger partial charge in [0.1, 0.15) is 0 Å². The van der Waals surface area contributed by atoms with Crippen LogP contribution in [0.5, 0.6) is 11.5 Å². The number of amides is 1. The number of rotatable bonds is 7. The fourth-order valence-electron chi connectivity index (χ4n) is 4.10. The number of carbonyl (C=O) groups excluding carboxylic acids is 2. The highest BCUT2D eigenvalue weighted by Gasteiger charge is 2.37. The van der Waals surface area contributed by atoms with E-state index in [1.165, 1.54) is 12.7 Å². The van der Waals surface area contributed by atoms with Crippen LogP contribution in [0, 0.1) is 0 Å². The van der Waals surface area contributed by atoms with Gasteiger partial charge in [-0.1, -0.05) is 30.3 Å². The summed E-state index contributed by atoms with van der Waals surface area (Å²) < 4.78 is 10.6. The zero-order chi connectivity index (χ0) is 21.1. The molecule has 7 nitrogen and oxygen atoms in total. The van der Waals surface area contributed by atoms with Crippen LogP contribution in [0.2, 0.25) is 0 Å². The van der Waals surface area contributed by atoms with Crippen molar-refractivity contribution in [2.45, 2.75) is 6.54 Å². The number of ether oxygens (including phenoxy) is 2. The van der Waals surface area contributed by atoms with Gasteiger partial charge in [0.05, 0.1) is 25.5 Å². The van der Waals surface area contributed by atoms with Crippen LogP contribution >= 0.6 is 0 Å². The van der Waals surface area contributed by atoms with E-state index in [2.05, 4.69) is 34.1 Å². The van der Waals surface area contributed by atoms with Gasteiger partial charge >= 0.3 is 0 Å². The van der Waals surface area contributed by atoms with E-state index in [0.717, 1.165) is 39.3 Å². The lowest BCUT2D eigenvalue weighted by Gasteiger charge is -2.35. The molecule has 7 heteroatoms. The first-order valence-electron chi connectivity index (χ1n) is 10.2. The highest BCUT2D eigenvalue weighted by molar-refractivity contribution is 6.52. The molecule has 0 atom stereocenters. The smallest absolute Gasteiger partial charge is 0.299 e. The Labute approximate surface area is 176 Å². The molecule has 2 aliphatic heterocycles. The molecule has 0 aromatic heterocycles. The number of Topliss-reactive ketones (excluding diaryl/α,β-unsaturated/α-hetero) is 1. The predicted molar refractivity (Wildman–Crippen MR) is 114 cm³/mol. The first-order chi connectivity index (χ1) is 14.6. The molecule has 2 aliphatic rings. The molecule has 2 aromatic rings. The van der Waals surface area contributed by atoms with E-state index in [-0.39, 0.29) is 0 Å². The van der Waals surface area contributed by atoms with Crippen molar-refractivity contribution in [2.75, 3.05) is 58.4 Å². The van der Waals surface area contributed by atoms with E-state index in [4.69, 9.17) is 9.47 Å². The maximum atomic E-state index is 12.6. The number of anilines is 1. The average molecular weight is 409 g/mol. The molecule has 2 heterocycles. The van der Waals surface area contributed by atoms with Gasteiger partial charge in [-0.2, -0.15) is 0 Å². The molecule has 1 fully saturated rings. The van der Waals surface area contributed by atoms with Crippen molar-refractivity contribution in [3.63, 3.8) is 0 Å². The summed E-state index contributed by atoms with van der Waals surface area (Å²) in [5, 5.41) is 0. The molecule has 0 N–H and O–H groups in total. The molecule has 0 bridgehead atoms. The lowest BCUT2D eigenvalue weighted by atomic mass is 10.1. The fourth-order valence-corrected chi connectivity index (χ4v) is 4.10. The van der Waals surface area contributed by atoms with Crippen molar-refractivity contribution in [3.05, 3.63) is 53.6 Å². The van der Waals surface area contributed by atoms with E-state index < -0.39 is 11.7 Å². The number of hydrogen-bond donors (Lipinski definition) is 0. The summed E-state index contributed by atoms with van der Waals surface area (Å²) in [7, 11) is 3.06. The molecular formula is C23H27N3O4. The lowest BCUT2D eigenvalue weighted by Crippen LogP contribution is -2.48. The van der Waals surface area contributed by atoms with E-state index >= 15 is 0 Å². The van der Waals surface area contributed by atoms with Crippen molar-refractivity contribution in [1.82, 2.24) is 9.80 Å². The molecule has 0 aliphatic carbocycles. The number of piperazine rings is 1. The summed E-state index contributed by atoms with van der Waals surface area (Å²) >= 11 is 0. The zero-order valence-electron chi connectivity index (χ0n) is 17.5. The minimum absolute atomic E-state index is 0.380. The monoisotopic (exact) mass is 409 g/mol. The van der Waals surface area contributed by atoms with Crippen LogP contribution in [-0.4, -0.2) is 75.0 Å². The number of benzene rings is 2. The third kappa shape index (κ3) is 4.04. The van der Waals surface area contributed by atoms with Crippen molar-refractivity contribution >= 4 is 17.4 Å². The molecule has 0 unspecified atom stereocenters. The van der Waals surface area contributed by atoms with E-state index in [0.29, 0.717) is 29.3 Å². The second-order valence-electron chi connectivity index (χ2n) is 7.61. The van der Waals surface area contributed by atoms with Crippen LogP contribution in [0.4, 0.5) is 5.69 Å². The van der Waals surface area contributed by atoms with Gasteiger partial charge in [-0.25, -0.2) is 0 Å². The lowest BCUT2D eigenvalue weighted by molar-refractivity contribution is -0.114. The van der Waals surface area contributed by atoms with Crippen LogP contribution < -0.4 is 14.4 Å². The first-order valence-corrected chi connectivity index (χ1v) is 10.2. The van der Waals surface area contributed by atoms with Crippen LogP contribution in [0.15, 0.2) is 42.5 Å². The first kappa shape index (κ1) is 20.4. The third-order valence-corrected chi connectivity index (χ3v) is 5.83. The summed E-state index contributed by atoms with van der Waals surface area (Å²) in [6.45, 7) is 6.04. The summed E-state index contributed by atoms with van der Waals surface area (Å²) in [5.41, 5.74) is 2.31. The summed E-state index contributed by atoms with van der Waals surface area (Å²) in [4.78, 5) is 31.3. The fraction of sp³-hybridized carbons (Fsp3) is 0.391. The normalized spacial score (nSPS) is 17.3. The predicted octanol–water partition coefficient (Wildman–Crippen LogP) is 2.05. The van der Waals surface area contributed by atoms with E-state index in [1.54, 1.807) is 24.1 Å². The van der Waals surface area contributed by atoms with Crippen molar-refractivity contribution < 1.29 is 19.1 Å². The van der Waals surface area contributed by atoms with Crippen molar-refractivity contribution in [2.24, 2.45) is 0 Å². The number of nitrogens with zero attached hydrogens (tertiary/aromatic N) is 3. The summed E-state index contributed by atoms with van der Waals surface area (Å²) in [6, 6.07) is 13.8. The molecule has 30 heavy (non-hydrogen) atoms. The van der Waals surface area contributed by atoms with Crippen molar-refractivity contribution in [3.8, 4) is 11.5 Å². The summed E-state index contributed by atoms with van der Waals surface area (Å²) in [6.07, 6.45) is 0. The standard InChI is InChI=1S/C23H27N3O4/c1-29-20-14-18-19(15-21(20)30-2)26(23(28)22(18)27)13-12-24-8-10-25(11-9-24)16-17-6-4-3-5-7-17/h3-7,14-15H,8-13,16H2,1-2H3. The maximum Gasteiger partial charge on any atom is 0.299 e. The number of hydrogen-bond acceptors (Lipinski definition) is 6. The van der Waals surface area contributed by atoms with Gasteiger partial charge in [-0.15, -0.1) is 0 Å². The van der Waals surface area contributed by atoms with Gasteiger partial charge in [0.15, 0.2) is 11.5 Å². The van der Waals surface area contributed by atoms with Gasteiger partial charge in [0, 0.05) is 51.9 Å². The van der Waals surface area contributed by atoms with Gasteiger partial charge in [-0.05, 0) is 11.6 Å². The minimum Gasteiger partial charge on any atom is -0.493 e. The number of ketones is 1. The van der Waals surface area contributed by atoms with Gasteiger partial charge in [0.25, 0.3) is 11.7 Å². The molecular weight excluding hydrogens is 382 g/mol. The highest BCUT2D eigenvalue weighted by Crippen LogP contribution is 2.38. The molecule has 1 amide bonds. The Morgan fingerprint density at radius 2 is 1.47 bits per heavy atom. The van der Waals surface area contributed by atoms with Gasteiger partial charge in [-0.3, -0.25) is 19.4 Å². The van der Waals surface area contributed by atoms with Gasteiger partial charge < -0.3 is 14.4 Å². The Balaban J connectivity index is 1.36. The Morgan fingerprint density at radius 3 is 2.13 bits per heavy atom. The van der Waals surface area contributed by atoms with Crippen LogP contribution in [0.25, 0.3) is 0 Å². The van der Waals surface area contributed by atoms with Crippen molar-refractivity contribution in [1.29, 1.82) is 0 Å². The molecule has 0 saturated carbocycles. The maximum absolute atomic E-state index is 12.6. The van der Waals surface area contributed by atoms with Crippen LogP contribution in [0.1, 0.15) is 15.9 Å². The Morgan fingerprint density at radius 1 is 0.833 bits per heavy atom. The SMILES string of the molecule is COc1cc2c(cc1OC)N(CCN1CCN(Cc3ccccc3)CC1)C(=O)C2=O. The molecule has 158 valence electrons. The number of carbonyl (C=O) groups is 2. The second kappa shape index (κ2) is 8.85. The molecule has 4 rings (SSSR count). The third-order valence-electron chi connectivity index (χ3n) is 5.83. The summed E-state index contributed by atoms with van der Waals surface area (Å²) in [5.74, 6) is -0.00582. The molecule has 2 aromatic carbocycles. The second-order valence-corrected chi connectivity index (χ2v) is 7.61. The van der Waals surface area contributed by atoms with Gasteiger partial charge in [0.2, 0.25) is 0 Å². The minimum atomic E-state index is -0.487. The largest absolute Gasteiger partial charge is 0.493 e. The zero-order valence-corrected chi connectivity index (χ0v) is 17.5. The molecule has 1 saturated heterocycles. The average Bonchev–Trinajstić information content (AvgIpc) is 3.02. The molecule has 0 radical (unpaired) electrons. The van der Waals surface area contributed by atoms with Crippen LogP contribution in [-0.2, 0) is 11.3 Å². The quantitative estimate of drug-likeness (QED) is 0.653.